The molecule has 636 valence electrons. The molecule has 0 aliphatic carbocycles. The van der Waals surface area contributed by atoms with Crippen molar-refractivity contribution in [1.82, 2.24) is 67.2 Å². The number of nitrogens with zero attached hydrogens (tertiary/aromatic N) is 6. The zero-order valence-electron chi connectivity index (χ0n) is 64.4. The number of ether oxygens (including phenoxy) is 1. The zero-order chi connectivity index (χ0) is 88.2. The smallest absolute Gasteiger partial charge is 0.339 e. The quantitative estimate of drug-likeness (QED) is 0.00501. The summed E-state index contributed by atoms with van der Waals surface area (Å²) in [5, 5.41) is 74.0. The number of nitrogens with two attached hydrogens (primary N) is 2. The lowest BCUT2D eigenvalue weighted by molar-refractivity contribution is -0.143. The lowest BCUT2D eigenvalue weighted by atomic mass is 9.95. The third kappa shape index (κ3) is 24.0. The second-order valence-corrected chi connectivity index (χ2v) is 29.0. The summed E-state index contributed by atoms with van der Waals surface area (Å²) >= 11 is 7.05. The van der Waals surface area contributed by atoms with E-state index in [-0.39, 0.29) is 83.5 Å². The van der Waals surface area contributed by atoms with Crippen molar-refractivity contribution in [2.45, 2.75) is 107 Å². The Morgan fingerprint density at radius 2 is 1.30 bits per heavy atom. The Kier molecular flexibility index (Phi) is 29.8. The second-order valence-electron chi connectivity index (χ2n) is 27.4. The number of Topliss-reactive ketones (excluding diaryl/α,β-unsaturated/α-hetero) is 1. The van der Waals surface area contributed by atoms with Crippen molar-refractivity contribution >= 4 is 203 Å². The normalized spacial score (nSPS) is 13.8. The van der Waals surface area contributed by atoms with Crippen LogP contribution in [0, 0.1) is 5.41 Å². The number of carboxylic acid groups (broad SMARTS) is 4. The summed E-state index contributed by atoms with van der Waals surface area (Å²) < 4.78 is 5.57. The van der Waals surface area contributed by atoms with Crippen LogP contribution in [0.2, 0.25) is 0 Å². The predicted octanol–water partition coefficient (Wildman–Crippen LogP) is 2.87. The van der Waals surface area contributed by atoms with Gasteiger partial charge in [-0.1, -0.05) is 24.3 Å². The lowest BCUT2D eigenvalue weighted by Crippen LogP contribution is -2.58. The van der Waals surface area contributed by atoms with Crippen molar-refractivity contribution < 1.29 is 97.1 Å². The number of nitrogens with one attached hydrogen (secondary N) is 14. The van der Waals surface area contributed by atoms with Gasteiger partial charge in [0.05, 0.1) is 54.6 Å². The molecule has 10 amide bonds. The first-order chi connectivity index (χ1) is 58.2. The number of halogens is 1. The maximum Gasteiger partial charge on any atom is 0.339 e. The third-order valence-electron chi connectivity index (χ3n) is 18.5. The number of carbonyl (C=O) groups excluding carboxylic acids is 11. The SMILES string of the molecule is CC(=O)Oc1cc2c(c3ccccc13)C(CCl)CN2C(=O)c1cc2cc(NC(=O)c3cc4cc(NC(=O)N/N=C/C=N\C(=O)CC(SC[C@H](NC(=O)[C@H](CC(=O)O)NC(=O)[C@H](CCCNC(=N)N)NC(=O)[C@H](CC(=O)O)NC(=O)CC[C@H](NC(=O)c5ccc(NCc6cnc7nc(N)[nH]c(=O)c7n6)cc5)C(=O)O)C(=O)O)C(C)=O)ccc4[nH]3)ccc2[nH]1. The van der Waals surface area contributed by atoms with Crippen molar-refractivity contribution in [3.8, 4) is 5.75 Å². The van der Waals surface area contributed by atoms with E-state index in [1.54, 1.807) is 53.4 Å². The second kappa shape index (κ2) is 40.8. The van der Waals surface area contributed by atoms with Crippen molar-refractivity contribution in [3.05, 3.63) is 148 Å². The molecule has 122 heavy (non-hydrogen) atoms. The average Bonchev–Trinajstić information content (AvgIpc) is 1.57. The van der Waals surface area contributed by atoms with Crippen LogP contribution in [0.25, 0.3) is 43.7 Å². The molecule has 9 aromatic rings. The number of carboxylic acids is 4. The Balaban J connectivity index is 0.675. The summed E-state index contributed by atoms with van der Waals surface area (Å²) in [5.74, 6) is -16.7. The maximum atomic E-state index is 14.3. The number of H-pyrrole nitrogens is 3. The lowest BCUT2D eigenvalue weighted by Gasteiger charge is -2.25. The minimum absolute atomic E-state index is 0.0179. The number of ketones is 1. The number of amides is 10. The highest BCUT2D eigenvalue weighted by Crippen LogP contribution is 2.46. The summed E-state index contributed by atoms with van der Waals surface area (Å²) in [6.45, 7) is 2.59. The molecule has 45 heteroatoms. The fraction of sp³-hybridized carbons (Fsp3) is 0.273. The first kappa shape index (κ1) is 89.1. The number of rotatable bonds is 39. The standard InChI is InChI=1S/C77H79ClN22O21S/c1-35(101)58(29-60(104)82-20-21-86-99-77(120)89-43-14-16-47-38(23-43)24-51(90-47)68(111)88-42-13-15-48-39(22-42)25-54(91-48)72(115)100-33-40(30-78)63-46-7-4-3-6-45(46)57(28-56(63)100)121-36(2)102)122-34-55(74(118)119)96-70(113)53(27-62(107)108)95-67(110)49(8-5-19-83-75(79)80)93-69(112)52(26-61(105)106)92-59(103)18-17-50(73(116)117)94-66(109)37-9-11-41(12-10-37)84-31-44-32-85-65-64(87-44)71(114)98-76(81)97-65/h3-4,6-7,9-16,20-25,28,32,40,49-50,52-53,55,58,84,90-91H,5,8,17-19,26-27,29-31,33-34H2,1-2H3,(H,88,111)(H,92,103)(H,93,112)(H,94,109)(H,95,110)(H,96,113)(H,105,106)(H,107,108)(H,116,117)(H,118,119)(H4,79,80,83)(H2,89,99,120)(H3,81,85,97,98,114)/b82-20-,86-21+/t40?,49-,50-,52-,53-,55-,58?/m0/s1. The van der Waals surface area contributed by atoms with Gasteiger partial charge in [-0.15, -0.1) is 23.4 Å². The molecule has 0 spiro atoms. The van der Waals surface area contributed by atoms with Gasteiger partial charge in [0, 0.05) is 106 Å². The number of guanidine groups is 1. The molecule has 0 fully saturated rings. The van der Waals surface area contributed by atoms with Crippen LogP contribution >= 0.6 is 23.4 Å². The molecule has 43 nitrogen and oxygen atoms in total. The number of thioether (sulfide) groups is 1. The highest BCUT2D eigenvalue weighted by molar-refractivity contribution is 8.00. The van der Waals surface area contributed by atoms with E-state index < -0.39 is 174 Å². The molecule has 10 rings (SSSR count). The van der Waals surface area contributed by atoms with E-state index in [9.17, 15) is 97.1 Å². The number of aliphatic imine (C=N–C) groups is 1. The number of alkyl halides is 1. The Morgan fingerprint density at radius 1 is 0.689 bits per heavy atom. The van der Waals surface area contributed by atoms with E-state index in [2.05, 4.69) is 93.3 Å². The summed E-state index contributed by atoms with van der Waals surface area (Å²) in [5.41, 5.74) is 17.0. The molecular weight excluding hydrogens is 1640 g/mol. The first-order valence-corrected chi connectivity index (χ1v) is 38.6. The molecule has 0 saturated heterocycles. The van der Waals surface area contributed by atoms with Gasteiger partial charge in [-0.2, -0.15) is 10.1 Å². The number of hydrogen-bond donors (Lipinski definition) is 20. The van der Waals surface area contributed by atoms with Crippen LogP contribution in [0.5, 0.6) is 5.75 Å². The van der Waals surface area contributed by atoms with Gasteiger partial charge in [0.25, 0.3) is 23.3 Å². The number of aliphatic carboxylic acids is 4. The monoisotopic (exact) mass is 1710 g/mol. The van der Waals surface area contributed by atoms with Gasteiger partial charge < -0.3 is 99.3 Å². The summed E-state index contributed by atoms with van der Waals surface area (Å²) in [4.78, 5) is 234. The van der Waals surface area contributed by atoms with Crippen LogP contribution in [0.1, 0.15) is 107 Å². The molecule has 0 bridgehead atoms. The zero-order valence-corrected chi connectivity index (χ0v) is 66.0. The number of aromatic nitrogens is 6. The van der Waals surface area contributed by atoms with Gasteiger partial charge in [0.1, 0.15) is 53.1 Å². The first-order valence-electron chi connectivity index (χ1n) is 37.0. The van der Waals surface area contributed by atoms with Crippen molar-refractivity contribution in [2.24, 2.45) is 15.8 Å². The average molecular weight is 1720 g/mol. The van der Waals surface area contributed by atoms with Crippen LogP contribution < -0.4 is 79.9 Å². The van der Waals surface area contributed by atoms with Gasteiger partial charge in [-0.05, 0) is 110 Å². The van der Waals surface area contributed by atoms with Crippen LogP contribution in [0.15, 0.2) is 124 Å². The van der Waals surface area contributed by atoms with Crippen LogP contribution in [0.4, 0.5) is 33.5 Å². The topological polar surface area (TPSA) is 673 Å². The molecular formula is C77H79ClN22O21S. The number of anilines is 5. The third-order valence-corrected chi connectivity index (χ3v) is 20.3. The van der Waals surface area contributed by atoms with E-state index in [1.807, 2.05) is 24.3 Å². The molecule has 0 saturated carbocycles. The van der Waals surface area contributed by atoms with E-state index in [1.165, 1.54) is 43.5 Å². The van der Waals surface area contributed by atoms with Gasteiger partial charge in [-0.3, -0.25) is 72.7 Å². The number of carbonyl (C=O) groups is 15. The van der Waals surface area contributed by atoms with Gasteiger partial charge >= 0.3 is 35.9 Å². The highest BCUT2D eigenvalue weighted by Gasteiger charge is 2.38. The number of hydrogen-bond acceptors (Lipinski definition) is 25. The molecule has 5 heterocycles. The van der Waals surface area contributed by atoms with Gasteiger partial charge in [0.15, 0.2) is 17.1 Å². The van der Waals surface area contributed by atoms with E-state index in [0.29, 0.717) is 67.5 Å². The van der Waals surface area contributed by atoms with E-state index in [0.717, 1.165) is 30.3 Å². The Bertz CT molecular complexity index is 5780. The molecule has 5 aromatic carbocycles. The van der Waals surface area contributed by atoms with Gasteiger partial charge in [-0.25, -0.2) is 34.8 Å². The van der Waals surface area contributed by atoms with Crippen LogP contribution in [-0.4, -0.2) is 218 Å². The van der Waals surface area contributed by atoms with E-state index in [4.69, 9.17) is 33.2 Å². The number of aromatic amines is 3. The van der Waals surface area contributed by atoms with Crippen molar-refractivity contribution in [3.63, 3.8) is 0 Å². The number of hydrazone groups is 1. The molecule has 0 radical (unpaired) electrons. The molecule has 1 aliphatic rings. The molecule has 22 N–H and O–H groups in total. The van der Waals surface area contributed by atoms with Crippen LogP contribution in [0.3, 0.4) is 0 Å². The van der Waals surface area contributed by atoms with Gasteiger partial charge in [0.2, 0.25) is 35.5 Å². The fourth-order valence-corrected chi connectivity index (χ4v) is 14.1. The van der Waals surface area contributed by atoms with Crippen LogP contribution in [-0.2, 0) is 59.3 Å². The fourth-order valence-electron chi connectivity index (χ4n) is 12.7. The molecule has 1 aliphatic heterocycles. The summed E-state index contributed by atoms with van der Waals surface area (Å²) in [7, 11) is 0. The Hall–Kier alpha value is -15.2. The Morgan fingerprint density at radius 3 is 1.94 bits per heavy atom. The molecule has 2 unspecified atom stereocenters. The number of benzene rings is 5. The highest BCUT2D eigenvalue weighted by atomic mass is 35.5. The predicted molar refractivity (Wildman–Crippen MR) is 444 cm³/mol. The maximum absolute atomic E-state index is 14.3. The van der Waals surface area contributed by atoms with E-state index >= 15 is 0 Å². The van der Waals surface area contributed by atoms with Crippen molar-refractivity contribution in [2.75, 3.05) is 51.3 Å². The molecule has 7 atom stereocenters. The summed E-state index contributed by atoms with van der Waals surface area (Å²) in [6.07, 6.45) is -1.68. The van der Waals surface area contributed by atoms with Crippen molar-refractivity contribution in [1.29, 1.82) is 5.41 Å². The number of esters is 1. The Labute approximate surface area is 697 Å². The number of fused-ring (bicyclic) bond motifs is 6. The minimum Gasteiger partial charge on any atom is -0.481 e. The minimum atomic E-state index is -2.11. The summed E-state index contributed by atoms with van der Waals surface area (Å²) in [6, 6.07) is 17.3. The number of nitrogen functional groups attached to an aromatic ring is 1. The number of urea groups is 1. The molecule has 4 aromatic heterocycles. The largest absolute Gasteiger partial charge is 0.481 e.